The minimum absolute atomic E-state index is 0. The molecule has 0 aromatic carbocycles. The monoisotopic (exact) mass is 349 g/mol. The normalized spacial score (nSPS) is 11.7. The predicted octanol–water partition coefficient (Wildman–Crippen LogP) is -1.70. The van der Waals surface area contributed by atoms with Crippen LogP contribution in [0.15, 0.2) is 12.7 Å². The number of rotatable bonds is 8. The summed E-state index contributed by atoms with van der Waals surface area (Å²) in [4.78, 5) is 11.8. The van der Waals surface area contributed by atoms with Gasteiger partial charge >= 0.3 is 35.5 Å². The molecule has 0 aliphatic heterocycles. The fourth-order valence-corrected chi connectivity index (χ4v) is 3.31. The molecule has 1 atom stereocenters. The minimum atomic E-state index is -4.11. The van der Waals surface area contributed by atoms with Crippen LogP contribution in [-0.4, -0.2) is 61.4 Å². The van der Waals surface area contributed by atoms with Gasteiger partial charge in [-0.1, -0.05) is 13.5 Å². The van der Waals surface area contributed by atoms with Crippen LogP contribution in [0.4, 0.5) is 0 Å². The maximum absolute atomic E-state index is 10.5. The van der Waals surface area contributed by atoms with E-state index < -0.39 is 10.1 Å². The van der Waals surface area contributed by atoms with Crippen LogP contribution in [0.1, 0.15) is 20.3 Å². The van der Waals surface area contributed by atoms with Crippen LogP contribution in [0.2, 0.25) is 0 Å². The first-order valence-corrected chi connectivity index (χ1v) is 8.81. The zero-order valence-corrected chi connectivity index (χ0v) is 17.1. The molecule has 0 amide bonds. The average Bonchev–Trinajstić information content (AvgIpc) is 2.34. The molecular formula is C12H24NNaO5S2. The van der Waals surface area contributed by atoms with Crippen molar-refractivity contribution in [2.45, 2.75) is 25.6 Å². The van der Waals surface area contributed by atoms with Crippen LogP contribution >= 0.6 is 11.8 Å². The van der Waals surface area contributed by atoms with E-state index in [1.165, 1.54) is 11.8 Å². The Labute approximate surface area is 154 Å². The van der Waals surface area contributed by atoms with Crippen molar-refractivity contribution in [3.63, 3.8) is 0 Å². The van der Waals surface area contributed by atoms with Crippen molar-refractivity contribution in [2.24, 2.45) is 0 Å². The van der Waals surface area contributed by atoms with Gasteiger partial charge in [-0.3, -0.25) is 4.90 Å². The maximum Gasteiger partial charge on any atom is 1.00 e. The zero-order valence-electron chi connectivity index (χ0n) is 13.5. The van der Waals surface area contributed by atoms with Crippen molar-refractivity contribution in [1.29, 1.82) is 0 Å². The van der Waals surface area contributed by atoms with E-state index in [1.807, 2.05) is 6.92 Å². The number of ether oxygens (including phenoxy) is 1. The number of hydrogen-bond donors (Lipinski definition) is 0. The Morgan fingerprint density at radius 1 is 1.43 bits per heavy atom. The molecule has 0 aromatic rings. The number of carbonyl (C=O) groups is 1. The van der Waals surface area contributed by atoms with Gasteiger partial charge in [0.15, 0.2) is 0 Å². The molecule has 120 valence electrons. The fourth-order valence-electron chi connectivity index (χ4n) is 0.976. The predicted molar refractivity (Wildman–Crippen MR) is 81.6 cm³/mol. The molecular weight excluding hydrogens is 325 g/mol. The molecule has 9 heteroatoms. The molecule has 21 heavy (non-hydrogen) atoms. The van der Waals surface area contributed by atoms with Crippen LogP contribution < -0.4 is 29.6 Å². The van der Waals surface area contributed by atoms with Crippen molar-refractivity contribution in [1.82, 2.24) is 4.90 Å². The molecule has 0 rings (SSSR count). The van der Waals surface area contributed by atoms with Gasteiger partial charge in [-0.05, 0) is 33.2 Å². The Bertz CT molecular complexity index is 374. The van der Waals surface area contributed by atoms with Gasteiger partial charge in [0.1, 0.15) is 0 Å². The van der Waals surface area contributed by atoms with Gasteiger partial charge < -0.3 is 9.29 Å². The van der Waals surface area contributed by atoms with E-state index in [9.17, 15) is 17.8 Å². The Kier molecular flexibility index (Phi) is 19.2. The molecule has 0 fully saturated rings. The average molecular weight is 349 g/mol. The zero-order chi connectivity index (χ0) is 16.2. The Morgan fingerprint density at radius 3 is 2.19 bits per heavy atom. The third-order valence-electron chi connectivity index (χ3n) is 1.89. The van der Waals surface area contributed by atoms with E-state index in [4.69, 9.17) is 0 Å². The van der Waals surface area contributed by atoms with E-state index in [0.717, 1.165) is 18.2 Å². The summed E-state index contributed by atoms with van der Waals surface area (Å²) in [7, 11) is -0.559. The number of hydrogen-bond acceptors (Lipinski definition) is 7. The van der Waals surface area contributed by atoms with E-state index in [2.05, 4.69) is 11.3 Å². The molecule has 1 unspecified atom stereocenters. The topological polar surface area (TPSA) is 86.7 Å². The number of thioether (sulfide) groups is 1. The van der Waals surface area contributed by atoms with Crippen LogP contribution in [-0.2, 0) is 19.6 Å². The summed E-state index contributed by atoms with van der Waals surface area (Å²) in [6, 6.07) is 0. The molecule has 0 aliphatic rings. The Balaban J connectivity index is -0.000000347. The van der Waals surface area contributed by atoms with Crippen molar-refractivity contribution in [3.05, 3.63) is 12.7 Å². The van der Waals surface area contributed by atoms with Gasteiger partial charge in [0.25, 0.3) is 0 Å². The molecule has 0 N–H and O–H groups in total. The SMILES string of the molecule is C=CC(=O)OCC.CCCSC(CS(=O)(=O)[O-])N(C)C.[Na+]. The summed E-state index contributed by atoms with van der Waals surface area (Å²) in [6.07, 6.45) is 2.12. The summed E-state index contributed by atoms with van der Waals surface area (Å²) in [6.45, 7) is 7.40. The summed E-state index contributed by atoms with van der Waals surface area (Å²) in [5, 5.41) is -0.220. The van der Waals surface area contributed by atoms with Crippen molar-refractivity contribution < 1.29 is 52.1 Å². The first-order valence-electron chi connectivity index (χ1n) is 6.18. The van der Waals surface area contributed by atoms with E-state index in [0.29, 0.717) is 6.61 Å². The molecule has 0 heterocycles. The van der Waals surface area contributed by atoms with Gasteiger partial charge in [0.2, 0.25) is 0 Å². The van der Waals surface area contributed by atoms with E-state index >= 15 is 0 Å². The summed E-state index contributed by atoms with van der Waals surface area (Å²) < 4.78 is 36.0. The second-order valence-electron chi connectivity index (χ2n) is 3.97. The van der Waals surface area contributed by atoms with E-state index in [-0.39, 0.29) is 46.7 Å². The largest absolute Gasteiger partial charge is 1.00 e. The molecule has 6 nitrogen and oxygen atoms in total. The van der Waals surface area contributed by atoms with Gasteiger partial charge in [0.05, 0.1) is 27.9 Å². The number of carbonyl (C=O) groups excluding carboxylic acids is 1. The van der Waals surface area contributed by atoms with Crippen LogP contribution in [0.25, 0.3) is 0 Å². The van der Waals surface area contributed by atoms with Gasteiger partial charge in [-0.25, -0.2) is 13.2 Å². The second-order valence-corrected chi connectivity index (χ2v) is 6.70. The van der Waals surface area contributed by atoms with Crippen molar-refractivity contribution >= 4 is 27.8 Å². The third-order valence-corrected chi connectivity index (χ3v) is 4.44. The standard InChI is InChI=1S/C7H17NO3S2.C5H8O2.Na/c1-4-5-12-7(8(2)3)6-13(9,10)11;1-3-5(6)7-4-2;/h7H,4-6H2,1-3H3,(H,9,10,11);3H,1,4H2,2H3;/q;;+1/p-1. The van der Waals surface area contributed by atoms with Crippen molar-refractivity contribution in [2.75, 3.05) is 32.2 Å². The third kappa shape index (κ3) is 20.4. The van der Waals surface area contributed by atoms with Crippen LogP contribution in [0.3, 0.4) is 0 Å². The molecule has 0 bridgehead atoms. The van der Waals surface area contributed by atoms with Crippen LogP contribution in [0, 0.1) is 0 Å². The molecule has 0 radical (unpaired) electrons. The number of esters is 1. The Hall–Kier alpha value is 0.430. The fraction of sp³-hybridized carbons (Fsp3) is 0.750. The molecule has 0 saturated carbocycles. The van der Waals surface area contributed by atoms with Crippen molar-refractivity contribution in [3.8, 4) is 0 Å². The van der Waals surface area contributed by atoms with Gasteiger partial charge in [0, 0.05) is 6.08 Å². The first kappa shape index (κ1) is 26.3. The molecule has 0 spiro atoms. The quantitative estimate of drug-likeness (QED) is 0.170. The van der Waals surface area contributed by atoms with Crippen LogP contribution in [0.5, 0.6) is 0 Å². The number of nitrogens with zero attached hydrogens (tertiary/aromatic N) is 1. The molecule has 0 aromatic heterocycles. The summed E-state index contributed by atoms with van der Waals surface area (Å²) in [5.41, 5.74) is 0. The summed E-state index contributed by atoms with van der Waals surface area (Å²) in [5.74, 6) is 0.200. The van der Waals surface area contributed by atoms with Gasteiger partial charge in [-0.2, -0.15) is 0 Å². The smallest absolute Gasteiger partial charge is 0.748 e. The molecule has 0 aliphatic carbocycles. The minimum Gasteiger partial charge on any atom is -0.748 e. The first-order chi connectivity index (χ1) is 9.17. The summed E-state index contributed by atoms with van der Waals surface area (Å²) >= 11 is 1.50. The maximum atomic E-state index is 10.5. The van der Waals surface area contributed by atoms with E-state index in [1.54, 1.807) is 25.9 Å². The second kappa shape index (κ2) is 15.3. The molecule has 0 saturated heterocycles. The van der Waals surface area contributed by atoms with Gasteiger partial charge in [-0.15, -0.1) is 11.8 Å². The Morgan fingerprint density at radius 2 is 1.95 bits per heavy atom.